The van der Waals surface area contributed by atoms with Crippen LogP contribution in [-0.4, -0.2) is 11.1 Å². The van der Waals surface area contributed by atoms with E-state index < -0.39 is 5.97 Å². The average Bonchev–Trinajstić information content (AvgIpc) is 2.30. The molecule has 0 heterocycles. The second kappa shape index (κ2) is 4.72. The normalized spacial score (nSPS) is 10.2. The van der Waals surface area contributed by atoms with Crippen molar-refractivity contribution in [3.8, 4) is 11.1 Å². The van der Waals surface area contributed by atoms with Gasteiger partial charge < -0.3 is 5.11 Å². The first-order valence-electron chi connectivity index (χ1n) is 5.19. The zero-order valence-corrected chi connectivity index (χ0v) is 10.9. The minimum Gasteiger partial charge on any atom is -0.478 e. The molecule has 2 aromatic rings. The topological polar surface area (TPSA) is 37.3 Å². The third-order valence-electron chi connectivity index (χ3n) is 2.64. The molecule has 0 atom stereocenters. The van der Waals surface area contributed by atoms with Crippen molar-refractivity contribution in [1.29, 1.82) is 0 Å². The lowest BCUT2D eigenvalue weighted by atomic mass is 9.98. The molecule has 2 aromatic carbocycles. The van der Waals surface area contributed by atoms with Crippen molar-refractivity contribution in [3.05, 3.63) is 58.1 Å². The van der Waals surface area contributed by atoms with Crippen LogP contribution in [0.2, 0.25) is 0 Å². The second-order valence-electron chi connectivity index (χ2n) is 3.79. The molecule has 0 bridgehead atoms. The molecule has 0 aliphatic rings. The zero-order valence-electron chi connectivity index (χ0n) is 9.27. The highest BCUT2D eigenvalue weighted by molar-refractivity contribution is 9.10. The van der Waals surface area contributed by atoms with Crippen LogP contribution in [0.3, 0.4) is 0 Å². The largest absolute Gasteiger partial charge is 0.478 e. The van der Waals surface area contributed by atoms with E-state index >= 15 is 0 Å². The van der Waals surface area contributed by atoms with Crippen LogP contribution in [0.1, 0.15) is 15.9 Å². The molecule has 0 aliphatic heterocycles. The van der Waals surface area contributed by atoms with Crippen LogP contribution in [0.15, 0.2) is 46.9 Å². The quantitative estimate of drug-likeness (QED) is 0.903. The van der Waals surface area contributed by atoms with Crippen molar-refractivity contribution < 1.29 is 9.90 Å². The lowest BCUT2D eigenvalue weighted by Crippen LogP contribution is -2.00. The Morgan fingerprint density at radius 2 is 1.76 bits per heavy atom. The molecule has 0 fully saturated rings. The third kappa shape index (κ3) is 2.24. The number of hydrogen-bond donors (Lipinski definition) is 1. The fraction of sp³-hybridized carbons (Fsp3) is 0.0714. The number of hydrogen-bond acceptors (Lipinski definition) is 1. The van der Waals surface area contributed by atoms with Gasteiger partial charge in [-0.3, -0.25) is 0 Å². The monoisotopic (exact) mass is 290 g/mol. The van der Waals surface area contributed by atoms with Crippen molar-refractivity contribution in [3.63, 3.8) is 0 Å². The number of halogens is 1. The predicted octanol–water partition coefficient (Wildman–Crippen LogP) is 4.12. The molecule has 3 heteroatoms. The zero-order chi connectivity index (χ0) is 12.4. The maximum absolute atomic E-state index is 11.1. The molecule has 0 aromatic heterocycles. The van der Waals surface area contributed by atoms with Crippen molar-refractivity contribution in [2.45, 2.75) is 6.92 Å². The van der Waals surface area contributed by atoms with Crippen LogP contribution in [0.25, 0.3) is 11.1 Å². The Morgan fingerprint density at radius 3 is 2.35 bits per heavy atom. The van der Waals surface area contributed by atoms with E-state index in [-0.39, 0.29) is 5.56 Å². The van der Waals surface area contributed by atoms with Crippen LogP contribution in [0.5, 0.6) is 0 Å². The summed E-state index contributed by atoms with van der Waals surface area (Å²) >= 11 is 3.39. The lowest BCUT2D eigenvalue weighted by molar-refractivity contribution is 0.0696. The van der Waals surface area contributed by atoms with E-state index in [1.54, 1.807) is 6.07 Å². The molecule has 17 heavy (non-hydrogen) atoms. The van der Waals surface area contributed by atoms with E-state index in [0.717, 1.165) is 16.7 Å². The van der Waals surface area contributed by atoms with E-state index in [0.29, 0.717) is 4.47 Å². The summed E-state index contributed by atoms with van der Waals surface area (Å²) in [7, 11) is 0. The van der Waals surface area contributed by atoms with E-state index in [2.05, 4.69) is 15.9 Å². The number of carboxylic acids is 1. The Kier molecular flexibility index (Phi) is 3.29. The van der Waals surface area contributed by atoms with Crippen LogP contribution in [-0.2, 0) is 0 Å². The first-order chi connectivity index (χ1) is 8.11. The third-order valence-corrected chi connectivity index (χ3v) is 3.47. The number of benzene rings is 2. The molecule has 2 rings (SSSR count). The molecule has 0 aliphatic carbocycles. The Labute approximate surface area is 108 Å². The Bertz CT molecular complexity index is 562. The van der Waals surface area contributed by atoms with Gasteiger partial charge in [0.05, 0.1) is 5.56 Å². The second-order valence-corrected chi connectivity index (χ2v) is 4.58. The van der Waals surface area contributed by atoms with Crippen LogP contribution in [0.4, 0.5) is 0 Å². The maximum atomic E-state index is 11.1. The molecule has 0 unspecified atom stereocenters. The highest BCUT2D eigenvalue weighted by Gasteiger charge is 2.14. The summed E-state index contributed by atoms with van der Waals surface area (Å²) < 4.78 is 0.635. The molecule has 0 saturated carbocycles. The van der Waals surface area contributed by atoms with Crippen LogP contribution in [0, 0.1) is 6.92 Å². The van der Waals surface area contributed by atoms with Gasteiger partial charge in [-0.2, -0.15) is 0 Å². The Balaban J connectivity index is 2.69. The van der Waals surface area contributed by atoms with E-state index in [9.17, 15) is 4.79 Å². The number of aryl methyl sites for hydroxylation is 1. The summed E-state index contributed by atoms with van der Waals surface area (Å²) in [6.45, 7) is 1.97. The molecule has 0 saturated heterocycles. The van der Waals surface area contributed by atoms with Crippen LogP contribution < -0.4 is 0 Å². The molecule has 2 nitrogen and oxygen atoms in total. The fourth-order valence-electron chi connectivity index (χ4n) is 1.80. The summed E-state index contributed by atoms with van der Waals surface area (Å²) in [6, 6.07) is 13.2. The van der Waals surface area contributed by atoms with Crippen LogP contribution >= 0.6 is 15.9 Å². The van der Waals surface area contributed by atoms with Gasteiger partial charge in [-0.05, 0) is 45.6 Å². The van der Waals surface area contributed by atoms with Crippen molar-refractivity contribution in [2.75, 3.05) is 0 Å². The van der Waals surface area contributed by atoms with Crippen molar-refractivity contribution in [1.82, 2.24) is 0 Å². The first-order valence-corrected chi connectivity index (χ1v) is 5.98. The molecular weight excluding hydrogens is 280 g/mol. The molecule has 1 N–H and O–H groups in total. The summed E-state index contributed by atoms with van der Waals surface area (Å²) in [5.74, 6) is -0.922. The minimum atomic E-state index is -0.922. The van der Waals surface area contributed by atoms with Gasteiger partial charge in [-0.1, -0.05) is 36.4 Å². The number of rotatable bonds is 2. The first kappa shape index (κ1) is 11.9. The van der Waals surface area contributed by atoms with Crippen molar-refractivity contribution in [2.24, 2.45) is 0 Å². The minimum absolute atomic E-state index is 0.287. The van der Waals surface area contributed by atoms with Gasteiger partial charge in [0.1, 0.15) is 0 Å². The standard InChI is InChI=1S/C14H11BrO2/c1-9-7-8-11(14(16)17)13(15)12(9)10-5-3-2-4-6-10/h2-8H,1H3,(H,16,17). The van der Waals surface area contributed by atoms with Gasteiger partial charge in [0, 0.05) is 4.47 Å². The number of carbonyl (C=O) groups is 1. The van der Waals surface area contributed by atoms with E-state index in [4.69, 9.17) is 5.11 Å². The molecule has 0 amide bonds. The number of aromatic carboxylic acids is 1. The SMILES string of the molecule is Cc1ccc(C(=O)O)c(Br)c1-c1ccccc1. The molecule has 0 radical (unpaired) electrons. The summed E-state index contributed by atoms with van der Waals surface area (Å²) in [6.07, 6.45) is 0. The molecule has 86 valence electrons. The number of carboxylic acid groups (broad SMARTS) is 1. The summed E-state index contributed by atoms with van der Waals surface area (Å²) in [5, 5.41) is 9.10. The predicted molar refractivity (Wildman–Crippen MR) is 71.3 cm³/mol. The van der Waals surface area contributed by atoms with Gasteiger partial charge in [0.25, 0.3) is 0 Å². The smallest absolute Gasteiger partial charge is 0.336 e. The van der Waals surface area contributed by atoms with Gasteiger partial charge >= 0.3 is 5.97 Å². The lowest BCUT2D eigenvalue weighted by Gasteiger charge is -2.11. The van der Waals surface area contributed by atoms with Gasteiger partial charge in [-0.25, -0.2) is 4.79 Å². The molecular formula is C14H11BrO2. The maximum Gasteiger partial charge on any atom is 0.336 e. The fourth-order valence-corrected chi connectivity index (χ4v) is 2.64. The van der Waals surface area contributed by atoms with Gasteiger partial charge in [0.15, 0.2) is 0 Å². The summed E-state index contributed by atoms with van der Waals surface area (Å²) in [4.78, 5) is 11.1. The van der Waals surface area contributed by atoms with E-state index in [1.165, 1.54) is 0 Å². The van der Waals surface area contributed by atoms with Gasteiger partial charge in [0.2, 0.25) is 0 Å². The summed E-state index contributed by atoms with van der Waals surface area (Å²) in [5.41, 5.74) is 3.29. The average molecular weight is 291 g/mol. The van der Waals surface area contributed by atoms with Gasteiger partial charge in [-0.15, -0.1) is 0 Å². The van der Waals surface area contributed by atoms with E-state index in [1.807, 2.05) is 43.3 Å². The molecule has 0 spiro atoms. The highest BCUT2D eigenvalue weighted by atomic mass is 79.9. The Morgan fingerprint density at radius 1 is 1.12 bits per heavy atom. The highest BCUT2D eigenvalue weighted by Crippen LogP contribution is 2.33. The van der Waals surface area contributed by atoms with Crippen molar-refractivity contribution >= 4 is 21.9 Å². The Hall–Kier alpha value is -1.61.